The number of hydrogen-bond donors (Lipinski definition) is 1. The Balaban J connectivity index is 1.52. The molecule has 1 aromatic heterocycles. The highest BCUT2D eigenvalue weighted by Gasteiger charge is 2.33. The van der Waals surface area contributed by atoms with Crippen LogP contribution in [-0.4, -0.2) is 27.1 Å². The average Bonchev–Trinajstić information content (AvgIpc) is 3.29. The number of carboxylic acid groups (broad SMARTS) is 1. The Kier molecular flexibility index (Phi) is 4.97. The predicted octanol–water partition coefficient (Wildman–Crippen LogP) is 4.33. The zero-order valence-electron chi connectivity index (χ0n) is 15.1. The molecule has 1 saturated heterocycles. The van der Waals surface area contributed by atoms with Crippen LogP contribution in [0.3, 0.4) is 0 Å². The molecule has 4 rings (SSSR count). The number of nitrogens with zero attached hydrogens (tertiary/aromatic N) is 1. The van der Waals surface area contributed by atoms with Crippen LogP contribution in [0.5, 0.6) is 0 Å². The highest BCUT2D eigenvalue weighted by Crippen LogP contribution is 2.26. The molecule has 0 atom stereocenters. The molecule has 1 amide bonds. The molecule has 144 valence electrons. The van der Waals surface area contributed by atoms with Gasteiger partial charge in [0, 0.05) is 11.6 Å². The molecule has 3 aromatic rings. The van der Waals surface area contributed by atoms with E-state index < -0.39 is 5.97 Å². The lowest BCUT2D eigenvalue weighted by Crippen LogP contribution is -2.27. The molecule has 2 heterocycles. The van der Waals surface area contributed by atoms with Gasteiger partial charge < -0.3 is 14.3 Å². The van der Waals surface area contributed by atoms with Crippen LogP contribution >= 0.6 is 12.2 Å². The van der Waals surface area contributed by atoms with Crippen molar-refractivity contribution < 1.29 is 23.8 Å². The average molecular weight is 405 g/mol. The van der Waals surface area contributed by atoms with E-state index in [4.69, 9.17) is 26.5 Å². The second kappa shape index (κ2) is 7.73. The second-order valence-electron chi connectivity index (χ2n) is 6.34. The highest BCUT2D eigenvalue weighted by molar-refractivity contribution is 7.80. The van der Waals surface area contributed by atoms with Crippen molar-refractivity contribution in [2.75, 3.05) is 0 Å². The van der Waals surface area contributed by atoms with Crippen molar-refractivity contribution >= 4 is 35.3 Å². The Bertz CT molecular complexity index is 1120. The van der Waals surface area contributed by atoms with Crippen LogP contribution in [-0.2, 0) is 16.1 Å². The normalized spacial score (nSPS) is 15.0. The highest BCUT2D eigenvalue weighted by atomic mass is 32.1. The number of carbonyl (C=O) groups excluding carboxylic acids is 1. The lowest BCUT2D eigenvalue weighted by molar-refractivity contribution is -0.123. The summed E-state index contributed by atoms with van der Waals surface area (Å²) in [6.45, 7) is 0.329. The molecular weight excluding hydrogens is 390 g/mol. The third kappa shape index (κ3) is 3.95. The van der Waals surface area contributed by atoms with E-state index >= 15 is 0 Å². The van der Waals surface area contributed by atoms with E-state index in [2.05, 4.69) is 0 Å². The minimum atomic E-state index is -0.991. The minimum Gasteiger partial charge on any atom is -0.478 e. The molecule has 0 spiro atoms. The number of rotatable bonds is 5. The van der Waals surface area contributed by atoms with Crippen molar-refractivity contribution in [2.24, 2.45) is 0 Å². The summed E-state index contributed by atoms with van der Waals surface area (Å²) in [6, 6.07) is 19.3. The molecule has 0 radical (unpaired) electrons. The van der Waals surface area contributed by atoms with Gasteiger partial charge in [0.2, 0.25) is 0 Å². The molecular formula is C22H15NO5S. The van der Waals surface area contributed by atoms with Crippen LogP contribution in [0.2, 0.25) is 0 Å². The Morgan fingerprint density at radius 1 is 1.03 bits per heavy atom. The van der Waals surface area contributed by atoms with Crippen molar-refractivity contribution in [2.45, 2.75) is 6.54 Å². The maximum atomic E-state index is 12.7. The fourth-order valence-corrected chi connectivity index (χ4v) is 3.13. The molecule has 0 bridgehead atoms. The van der Waals surface area contributed by atoms with Crippen LogP contribution in [0, 0.1) is 0 Å². The van der Waals surface area contributed by atoms with Gasteiger partial charge in [0.25, 0.3) is 11.1 Å². The van der Waals surface area contributed by atoms with E-state index in [-0.39, 0.29) is 22.4 Å². The number of amides is 1. The molecule has 6 nitrogen and oxygen atoms in total. The molecule has 1 aliphatic heterocycles. The van der Waals surface area contributed by atoms with Gasteiger partial charge in [-0.1, -0.05) is 42.5 Å². The molecule has 0 unspecified atom stereocenters. The molecule has 1 N–H and O–H groups in total. The van der Waals surface area contributed by atoms with E-state index in [9.17, 15) is 9.59 Å². The van der Waals surface area contributed by atoms with Crippen LogP contribution in [0.1, 0.15) is 21.7 Å². The molecule has 0 saturated carbocycles. The summed E-state index contributed by atoms with van der Waals surface area (Å²) in [5.41, 5.74) is 1.86. The maximum absolute atomic E-state index is 12.7. The number of benzene rings is 2. The zero-order valence-corrected chi connectivity index (χ0v) is 15.9. The van der Waals surface area contributed by atoms with Gasteiger partial charge in [-0.15, -0.1) is 0 Å². The summed E-state index contributed by atoms with van der Waals surface area (Å²) in [7, 11) is 0. The van der Waals surface area contributed by atoms with Crippen molar-refractivity contribution in [1.82, 2.24) is 4.90 Å². The summed E-state index contributed by atoms with van der Waals surface area (Å²) >= 11 is 5.19. The monoisotopic (exact) mass is 405 g/mol. The van der Waals surface area contributed by atoms with Gasteiger partial charge in [0.15, 0.2) is 5.76 Å². The summed E-state index contributed by atoms with van der Waals surface area (Å²) in [6.07, 6.45) is 1.49. The van der Waals surface area contributed by atoms with Gasteiger partial charge >= 0.3 is 5.97 Å². The van der Waals surface area contributed by atoms with Crippen molar-refractivity contribution in [1.29, 1.82) is 0 Å². The smallest absolute Gasteiger partial charge is 0.335 e. The Hall–Kier alpha value is -3.71. The summed E-state index contributed by atoms with van der Waals surface area (Å²) in [4.78, 5) is 25.0. The van der Waals surface area contributed by atoms with Gasteiger partial charge in [-0.25, -0.2) is 4.79 Å². The van der Waals surface area contributed by atoms with Crippen molar-refractivity contribution in [3.63, 3.8) is 0 Å². The van der Waals surface area contributed by atoms with Gasteiger partial charge in [-0.05, 0) is 42.0 Å². The fraction of sp³-hybridized carbons (Fsp3) is 0.0455. The van der Waals surface area contributed by atoms with Gasteiger partial charge in [0.1, 0.15) is 11.5 Å². The second-order valence-corrected chi connectivity index (χ2v) is 6.69. The fourth-order valence-electron chi connectivity index (χ4n) is 2.89. The molecule has 1 fully saturated rings. The Morgan fingerprint density at radius 3 is 2.45 bits per heavy atom. The maximum Gasteiger partial charge on any atom is 0.335 e. The van der Waals surface area contributed by atoms with E-state index in [0.717, 1.165) is 11.1 Å². The lowest BCUT2D eigenvalue weighted by atomic mass is 10.1. The standard InChI is InChI=1S/C22H15NO5S/c24-20-19(28-22(29)23(20)13-14-4-2-1-3-5-14)12-17-10-11-18(27-17)15-6-8-16(9-7-15)21(25)26/h1-12H,13H2,(H,25,26)/b19-12-. The third-order valence-corrected chi connectivity index (χ3v) is 4.68. The predicted molar refractivity (Wildman–Crippen MR) is 110 cm³/mol. The largest absolute Gasteiger partial charge is 0.478 e. The Labute approximate surface area is 171 Å². The number of ether oxygens (including phenoxy) is 1. The van der Waals surface area contributed by atoms with Crippen molar-refractivity contribution in [3.8, 4) is 11.3 Å². The first kappa shape index (κ1) is 18.6. The molecule has 1 aliphatic rings. The number of aromatic carboxylic acids is 1. The molecule has 0 aliphatic carbocycles. The van der Waals surface area contributed by atoms with Gasteiger partial charge in [0.05, 0.1) is 12.1 Å². The summed E-state index contributed by atoms with van der Waals surface area (Å²) < 4.78 is 11.2. The van der Waals surface area contributed by atoms with Crippen LogP contribution in [0.25, 0.3) is 17.4 Å². The van der Waals surface area contributed by atoms with Crippen LogP contribution < -0.4 is 0 Å². The number of hydrogen-bond acceptors (Lipinski definition) is 5. The number of thiocarbonyl (C=S) groups is 1. The lowest BCUT2D eigenvalue weighted by Gasteiger charge is -2.11. The topological polar surface area (TPSA) is 80.0 Å². The van der Waals surface area contributed by atoms with Gasteiger partial charge in [-0.2, -0.15) is 0 Å². The zero-order chi connectivity index (χ0) is 20.4. The number of carboxylic acids is 1. The number of carbonyl (C=O) groups is 2. The Morgan fingerprint density at radius 2 is 1.76 bits per heavy atom. The first-order chi connectivity index (χ1) is 14.0. The third-order valence-electron chi connectivity index (χ3n) is 4.37. The molecule has 2 aromatic carbocycles. The van der Waals surface area contributed by atoms with Crippen molar-refractivity contribution in [3.05, 3.63) is 89.4 Å². The van der Waals surface area contributed by atoms with E-state index in [1.807, 2.05) is 30.3 Å². The summed E-state index contributed by atoms with van der Waals surface area (Å²) in [5.74, 6) is -0.261. The van der Waals surface area contributed by atoms with Crippen LogP contribution in [0.4, 0.5) is 0 Å². The SMILES string of the molecule is O=C(O)c1ccc(-c2ccc(/C=C3\OC(=S)N(Cc4ccccc4)C3=O)o2)cc1. The molecule has 29 heavy (non-hydrogen) atoms. The first-order valence-corrected chi connectivity index (χ1v) is 9.15. The minimum absolute atomic E-state index is 0.0908. The quantitative estimate of drug-likeness (QED) is 0.503. The van der Waals surface area contributed by atoms with E-state index in [1.54, 1.807) is 24.3 Å². The first-order valence-electron chi connectivity index (χ1n) is 8.74. The molecule has 7 heteroatoms. The summed E-state index contributed by atoms with van der Waals surface area (Å²) in [5, 5.41) is 9.08. The van der Waals surface area contributed by atoms with Gasteiger partial charge in [-0.3, -0.25) is 9.69 Å². The van der Waals surface area contributed by atoms with Crippen LogP contribution in [0.15, 0.2) is 76.9 Å². The van der Waals surface area contributed by atoms with E-state index in [0.29, 0.717) is 18.1 Å². The van der Waals surface area contributed by atoms with E-state index in [1.165, 1.54) is 23.1 Å². The number of furan rings is 1.